The molecule has 2 bridgehead atoms. The lowest BCUT2D eigenvalue weighted by Gasteiger charge is -2.56. The van der Waals surface area contributed by atoms with Crippen LogP contribution < -0.4 is 14.8 Å². The van der Waals surface area contributed by atoms with Crippen molar-refractivity contribution in [1.29, 1.82) is 0 Å². The molecular weight excluding hydrogens is 509 g/mol. The lowest BCUT2D eigenvalue weighted by Crippen LogP contribution is -2.63. The van der Waals surface area contributed by atoms with Crippen molar-refractivity contribution in [3.05, 3.63) is 47.5 Å². The number of aryl methyl sites for hydroxylation is 1. The number of hydrogen-bond donors (Lipinski definition) is 2. The molecular formula is C27H28FN5O6. The molecule has 0 spiro atoms. The summed E-state index contributed by atoms with van der Waals surface area (Å²) in [4.78, 5) is 38.5. The van der Waals surface area contributed by atoms with Crippen LogP contribution in [-0.4, -0.2) is 68.4 Å². The van der Waals surface area contributed by atoms with Gasteiger partial charge in [-0.15, -0.1) is 0 Å². The van der Waals surface area contributed by atoms with E-state index in [0.29, 0.717) is 72.4 Å². The van der Waals surface area contributed by atoms with E-state index in [9.17, 15) is 19.1 Å². The van der Waals surface area contributed by atoms with Crippen molar-refractivity contribution in [3.8, 4) is 11.6 Å². The molecule has 1 saturated carbocycles. The molecule has 12 heteroatoms. The molecule has 0 atom stereocenters. The smallest absolute Gasteiger partial charge is 0.408 e. The van der Waals surface area contributed by atoms with Crippen LogP contribution in [0.15, 0.2) is 30.5 Å². The van der Waals surface area contributed by atoms with Gasteiger partial charge in [-0.3, -0.25) is 14.7 Å². The normalized spacial score (nSPS) is 23.6. The first kappa shape index (κ1) is 25.2. The largest absolute Gasteiger partial charge is 0.481 e. The molecule has 3 aromatic rings. The van der Waals surface area contributed by atoms with Crippen molar-refractivity contribution in [2.45, 2.75) is 56.2 Å². The predicted molar refractivity (Wildman–Crippen MR) is 136 cm³/mol. The lowest BCUT2D eigenvalue weighted by molar-refractivity contribution is -0.191. The molecule has 39 heavy (non-hydrogen) atoms. The van der Waals surface area contributed by atoms with Crippen molar-refractivity contribution in [1.82, 2.24) is 19.9 Å². The zero-order valence-corrected chi connectivity index (χ0v) is 21.4. The van der Waals surface area contributed by atoms with Gasteiger partial charge in [0.1, 0.15) is 5.82 Å². The fourth-order valence-corrected chi connectivity index (χ4v) is 5.89. The Kier molecular flexibility index (Phi) is 6.21. The maximum atomic E-state index is 14.8. The third-order valence-corrected chi connectivity index (χ3v) is 8.17. The van der Waals surface area contributed by atoms with E-state index < -0.39 is 23.1 Å². The summed E-state index contributed by atoms with van der Waals surface area (Å²) in [6.45, 7) is 0.221. The van der Waals surface area contributed by atoms with Crippen LogP contribution >= 0.6 is 0 Å². The number of carbonyl (C=O) groups is 2. The van der Waals surface area contributed by atoms with Crippen LogP contribution in [0.4, 0.5) is 15.0 Å². The Morgan fingerprint density at radius 2 is 2.03 bits per heavy atom. The van der Waals surface area contributed by atoms with E-state index in [1.807, 2.05) is 0 Å². The quantitative estimate of drug-likeness (QED) is 0.462. The van der Waals surface area contributed by atoms with Crippen LogP contribution in [0.25, 0.3) is 11.0 Å². The van der Waals surface area contributed by atoms with Crippen molar-refractivity contribution in [3.63, 3.8) is 0 Å². The highest BCUT2D eigenvalue weighted by Crippen LogP contribution is 2.49. The van der Waals surface area contributed by atoms with Crippen molar-refractivity contribution < 1.29 is 33.3 Å². The summed E-state index contributed by atoms with van der Waals surface area (Å²) < 4.78 is 31.8. The van der Waals surface area contributed by atoms with E-state index in [-0.39, 0.29) is 31.5 Å². The second-order valence-corrected chi connectivity index (χ2v) is 10.4. The summed E-state index contributed by atoms with van der Waals surface area (Å²) >= 11 is 0. The van der Waals surface area contributed by atoms with Gasteiger partial charge in [-0.1, -0.05) is 0 Å². The van der Waals surface area contributed by atoms with Gasteiger partial charge in [-0.25, -0.2) is 19.2 Å². The number of halogens is 1. The molecule has 0 aromatic carbocycles. The van der Waals surface area contributed by atoms with E-state index in [0.717, 1.165) is 0 Å². The van der Waals surface area contributed by atoms with Gasteiger partial charge < -0.3 is 24.6 Å². The minimum atomic E-state index is -1.06. The Morgan fingerprint density at radius 1 is 1.21 bits per heavy atom. The van der Waals surface area contributed by atoms with Crippen molar-refractivity contribution in [2.75, 3.05) is 25.6 Å². The lowest BCUT2D eigenvalue weighted by atomic mass is 9.68. The molecule has 3 fully saturated rings. The average molecular weight is 538 g/mol. The number of nitrogens with zero attached hydrogens (tertiary/aromatic N) is 4. The average Bonchev–Trinajstić information content (AvgIpc) is 2.95. The highest BCUT2D eigenvalue weighted by Gasteiger charge is 2.53. The number of hydrogen-bond acceptors (Lipinski definition) is 8. The SMILES string of the molecule is COc1ccc2ncc(F)c(CCC34CCC(N(Cc5ccc6c(n5)NC(=O)CO6)C(=O)O)(CC3)CO4)c2n1. The number of amides is 2. The number of aromatic nitrogens is 3. The van der Waals surface area contributed by atoms with Crippen LogP contribution in [0.3, 0.4) is 0 Å². The summed E-state index contributed by atoms with van der Waals surface area (Å²) in [5.74, 6) is 0.408. The molecule has 6 heterocycles. The van der Waals surface area contributed by atoms with Gasteiger partial charge in [0.15, 0.2) is 18.2 Å². The molecule has 2 saturated heterocycles. The maximum absolute atomic E-state index is 14.8. The fourth-order valence-electron chi connectivity index (χ4n) is 5.89. The topological polar surface area (TPSA) is 136 Å². The summed E-state index contributed by atoms with van der Waals surface area (Å²) in [7, 11) is 1.51. The molecule has 0 unspecified atom stereocenters. The number of carboxylic acid groups (broad SMARTS) is 1. The van der Waals surface area contributed by atoms with Gasteiger partial charge in [-0.05, 0) is 56.7 Å². The molecule has 7 rings (SSSR count). The van der Waals surface area contributed by atoms with Gasteiger partial charge in [0.25, 0.3) is 5.91 Å². The number of methoxy groups -OCH3 is 1. The van der Waals surface area contributed by atoms with Crippen LogP contribution in [0.5, 0.6) is 11.6 Å². The van der Waals surface area contributed by atoms with Crippen LogP contribution in [0.2, 0.25) is 0 Å². The Labute approximate surface area is 223 Å². The van der Waals surface area contributed by atoms with E-state index in [1.54, 1.807) is 24.3 Å². The highest BCUT2D eigenvalue weighted by atomic mass is 19.1. The summed E-state index contributed by atoms with van der Waals surface area (Å²) in [5.41, 5.74) is 0.897. The zero-order valence-electron chi connectivity index (χ0n) is 21.4. The minimum absolute atomic E-state index is 0.0521. The van der Waals surface area contributed by atoms with E-state index >= 15 is 0 Å². The second-order valence-electron chi connectivity index (χ2n) is 10.4. The standard InChI is InChI=1S/C27H28FN5O6/c1-37-22-5-3-19-23(32-22)17(18(28)12-29-19)6-7-27-10-8-26(9-11-27,15-39-27)33(25(35)36)13-16-2-4-20-24(30-16)31-21(34)14-38-20/h2-5,12H,6-11,13-15H2,1H3,(H,35,36)(H,30,31,34). The number of carbonyl (C=O) groups excluding carboxylic acids is 1. The third-order valence-electron chi connectivity index (χ3n) is 8.17. The molecule has 0 radical (unpaired) electrons. The van der Waals surface area contributed by atoms with Gasteiger partial charge >= 0.3 is 6.09 Å². The molecule has 204 valence electrons. The predicted octanol–water partition coefficient (Wildman–Crippen LogP) is 3.70. The number of anilines is 1. The molecule has 2 N–H and O–H groups in total. The first-order chi connectivity index (χ1) is 18.8. The molecule has 3 aliphatic heterocycles. The summed E-state index contributed by atoms with van der Waals surface area (Å²) in [6, 6.07) is 6.84. The monoisotopic (exact) mass is 537 g/mol. The fraction of sp³-hybridized carbons (Fsp3) is 0.444. The van der Waals surface area contributed by atoms with Gasteiger partial charge in [0, 0.05) is 11.6 Å². The number of rotatable bonds is 7. The molecule has 2 amide bonds. The molecule has 1 aliphatic carbocycles. The van der Waals surface area contributed by atoms with E-state index in [4.69, 9.17) is 14.2 Å². The third kappa shape index (κ3) is 4.58. The Hall–Kier alpha value is -4.06. The molecule has 4 aliphatic rings. The van der Waals surface area contributed by atoms with Gasteiger partial charge in [0.2, 0.25) is 5.88 Å². The maximum Gasteiger partial charge on any atom is 0.408 e. The summed E-state index contributed by atoms with van der Waals surface area (Å²) in [5, 5.41) is 12.8. The van der Waals surface area contributed by atoms with Crippen LogP contribution in [0, 0.1) is 5.82 Å². The van der Waals surface area contributed by atoms with Crippen LogP contribution in [0.1, 0.15) is 43.4 Å². The summed E-state index contributed by atoms with van der Waals surface area (Å²) in [6.07, 6.45) is 3.70. The number of fused-ring (bicyclic) bond motifs is 5. The first-order valence-electron chi connectivity index (χ1n) is 12.9. The highest BCUT2D eigenvalue weighted by molar-refractivity contribution is 5.94. The molecule has 3 aromatic heterocycles. The Bertz CT molecular complexity index is 1440. The van der Waals surface area contributed by atoms with Gasteiger partial charge in [0.05, 0.1) is 54.3 Å². The zero-order chi connectivity index (χ0) is 27.2. The van der Waals surface area contributed by atoms with Crippen molar-refractivity contribution >= 4 is 28.9 Å². The Balaban J connectivity index is 1.17. The second kappa shape index (κ2) is 9.60. The first-order valence-corrected chi connectivity index (χ1v) is 12.9. The number of ether oxygens (including phenoxy) is 3. The van der Waals surface area contributed by atoms with Crippen LogP contribution in [-0.2, 0) is 22.5 Å². The van der Waals surface area contributed by atoms with E-state index in [2.05, 4.69) is 20.3 Å². The minimum Gasteiger partial charge on any atom is -0.481 e. The van der Waals surface area contributed by atoms with Crippen molar-refractivity contribution in [2.24, 2.45) is 0 Å². The number of pyridine rings is 3. The van der Waals surface area contributed by atoms with Gasteiger partial charge in [-0.2, -0.15) is 0 Å². The number of nitrogens with one attached hydrogen (secondary N) is 1. The molecule has 11 nitrogen and oxygen atoms in total. The van der Waals surface area contributed by atoms with E-state index in [1.165, 1.54) is 18.2 Å². The Morgan fingerprint density at radius 3 is 2.74 bits per heavy atom.